The number of hydrogen-bond acceptors (Lipinski definition) is 2. The van der Waals surface area contributed by atoms with Gasteiger partial charge in [0.05, 0.1) is 0 Å². The fourth-order valence-corrected chi connectivity index (χ4v) is 2.49. The van der Waals surface area contributed by atoms with Crippen LogP contribution in [0.2, 0.25) is 0 Å². The molecule has 0 aliphatic carbocycles. The van der Waals surface area contributed by atoms with Crippen LogP contribution in [0.25, 0.3) is 0 Å². The van der Waals surface area contributed by atoms with E-state index in [0.717, 1.165) is 39.0 Å². The Kier molecular flexibility index (Phi) is 3.06. The van der Waals surface area contributed by atoms with Gasteiger partial charge in [0, 0.05) is 19.5 Å². The summed E-state index contributed by atoms with van der Waals surface area (Å²) in [5.41, 5.74) is 0. The average Bonchev–Trinajstić information content (AvgIpc) is 2.78. The molecule has 2 aliphatic heterocycles. The molecule has 2 aliphatic rings. The van der Waals surface area contributed by atoms with Crippen molar-refractivity contribution < 1.29 is 4.79 Å². The van der Waals surface area contributed by atoms with Gasteiger partial charge in [0.1, 0.15) is 0 Å². The first-order valence-corrected chi connectivity index (χ1v) is 5.78. The highest BCUT2D eigenvalue weighted by Gasteiger charge is 2.30. The van der Waals surface area contributed by atoms with Gasteiger partial charge in [0.15, 0.2) is 0 Å². The van der Waals surface area contributed by atoms with E-state index in [1.807, 2.05) is 0 Å². The van der Waals surface area contributed by atoms with Crippen LogP contribution in [-0.4, -0.2) is 37.0 Å². The van der Waals surface area contributed by atoms with E-state index < -0.39 is 0 Å². The molecule has 2 heterocycles. The second-order valence-corrected chi connectivity index (χ2v) is 4.64. The van der Waals surface area contributed by atoms with Crippen LogP contribution in [0.3, 0.4) is 0 Å². The van der Waals surface area contributed by atoms with Gasteiger partial charge < -0.3 is 10.2 Å². The van der Waals surface area contributed by atoms with Gasteiger partial charge in [0.2, 0.25) is 5.91 Å². The van der Waals surface area contributed by atoms with Gasteiger partial charge in [0.25, 0.3) is 0 Å². The van der Waals surface area contributed by atoms with Crippen LogP contribution in [0.15, 0.2) is 0 Å². The van der Waals surface area contributed by atoms with Gasteiger partial charge in [-0.1, -0.05) is 13.3 Å². The maximum absolute atomic E-state index is 11.6. The van der Waals surface area contributed by atoms with Crippen molar-refractivity contribution >= 4 is 5.91 Å². The average molecular weight is 196 g/mol. The molecule has 2 unspecified atom stereocenters. The summed E-state index contributed by atoms with van der Waals surface area (Å²) in [5, 5.41) is 3.35. The molecule has 0 aromatic heterocycles. The van der Waals surface area contributed by atoms with Crippen LogP contribution in [-0.2, 0) is 4.79 Å². The minimum Gasteiger partial charge on any atom is -0.342 e. The summed E-state index contributed by atoms with van der Waals surface area (Å²) in [6, 6.07) is 0. The lowest BCUT2D eigenvalue weighted by atomic mass is 10.1. The maximum atomic E-state index is 11.6. The number of hydrogen-bond donors (Lipinski definition) is 1. The zero-order chi connectivity index (χ0) is 9.97. The molecule has 2 atom stereocenters. The third-order valence-corrected chi connectivity index (χ3v) is 3.51. The van der Waals surface area contributed by atoms with Crippen molar-refractivity contribution in [1.29, 1.82) is 0 Å². The Labute approximate surface area is 85.8 Å². The van der Waals surface area contributed by atoms with E-state index in [2.05, 4.69) is 17.1 Å². The Bertz CT molecular complexity index is 211. The molecule has 2 fully saturated rings. The smallest absolute Gasteiger partial charge is 0.222 e. The Morgan fingerprint density at radius 3 is 2.93 bits per heavy atom. The van der Waals surface area contributed by atoms with E-state index in [-0.39, 0.29) is 0 Å². The third kappa shape index (κ3) is 2.08. The van der Waals surface area contributed by atoms with Gasteiger partial charge in [-0.15, -0.1) is 0 Å². The maximum Gasteiger partial charge on any atom is 0.222 e. The van der Waals surface area contributed by atoms with Crippen molar-refractivity contribution in [3.8, 4) is 0 Å². The van der Waals surface area contributed by atoms with E-state index in [4.69, 9.17) is 0 Å². The summed E-state index contributed by atoms with van der Waals surface area (Å²) >= 11 is 0. The zero-order valence-corrected chi connectivity index (χ0v) is 8.96. The van der Waals surface area contributed by atoms with Gasteiger partial charge in [-0.2, -0.15) is 0 Å². The Morgan fingerprint density at radius 2 is 2.36 bits per heavy atom. The van der Waals surface area contributed by atoms with Crippen molar-refractivity contribution in [1.82, 2.24) is 10.2 Å². The summed E-state index contributed by atoms with van der Waals surface area (Å²) in [4.78, 5) is 13.7. The second kappa shape index (κ2) is 4.30. The normalized spacial score (nSPS) is 32.9. The molecule has 80 valence electrons. The third-order valence-electron chi connectivity index (χ3n) is 3.51. The Balaban J connectivity index is 1.82. The summed E-state index contributed by atoms with van der Waals surface area (Å²) in [6.07, 6.45) is 3.17. The minimum atomic E-state index is 0.378. The van der Waals surface area contributed by atoms with E-state index in [0.29, 0.717) is 17.7 Å². The van der Waals surface area contributed by atoms with Crippen LogP contribution < -0.4 is 5.32 Å². The molecule has 0 saturated carbocycles. The summed E-state index contributed by atoms with van der Waals surface area (Å²) < 4.78 is 0. The van der Waals surface area contributed by atoms with E-state index in [9.17, 15) is 4.79 Å². The summed E-state index contributed by atoms with van der Waals surface area (Å²) in [7, 11) is 0. The first kappa shape index (κ1) is 9.97. The molecule has 1 amide bonds. The topological polar surface area (TPSA) is 32.3 Å². The van der Waals surface area contributed by atoms with E-state index >= 15 is 0 Å². The first-order valence-electron chi connectivity index (χ1n) is 5.78. The number of likely N-dealkylation sites (tertiary alicyclic amines) is 1. The molecule has 1 N–H and O–H groups in total. The fraction of sp³-hybridized carbons (Fsp3) is 0.909. The standard InChI is InChI=1S/C11H20N2O/c1-2-9-5-11(14)13(7-9)8-10-3-4-12-6-10/h9-10,12H,2-8H2,1H3. The Hall–Kier alpha value is -0.570. The number of carbonyl (C=O) groups is 1. The summed E-state index contributed by atoms with van der Waals surface area (Å²) in [6.45, 7) is 6.40. The molecule has 0 bridgehead atoms. The number of carbonyl (C=O) groups excluding carboxylic acids is 1. The van der Waals surface area contributed by atoms with Crippen LogP contribution in [0.5, 0.6) is 0 Å². The minimum absolute atomic E-state index is 0.378. The molecule has 14 heavy (non-hydrogen) atoms. The molecule has 3 nitrogen and oxygen atoms in total. The molecule has 0 spiro atoms. The van der Waals surface area contributed by atoms with Gasteiger partial charge in [-0.25, -0.2) is 0 Å². The van der Waals surface area contributed by atoms with Crippen LogP contribution in [0.1, 0.15) is 26.2 Å². The van der Waals surface area contributed by atoms with Crippen molar-refractivity contribution in [3.63, 3.8) is 0 Å². The SMILES string of the molecule is CCC1CC(=O)N(CC2CCNC2)C1. The lowest BCUT2D eigenvalue weighted by molar-refractivity contribution is -0.128. The number of nitrogens with zero attached hydrogens (tertiary/aromatic N) is 1. The number of rotatable bonds is 3. The highest BCUT2D eigenvalue weighted by atomic mass is 16.2. The van der Waals surface area contributed by atoms with Crippen LogP contribution >= 0.6 is 0 Å². The lowest BCUT2D eigenvalue weighted by Crippen LogP contribution is -2.31. The largest absolute Gasteiger partial charge is 0.342 e. The summed E-state index contributed by atoms with van der Waals surface area (Å²) in [5.74, 6) is 1.70. The second-order valence-electron chi connectivity index (χ2n) is 4.64. The highest BCUT2D eigenvalue weighted by Crippen LogP contribution is 2.22. The molecule has 0 aromatic rings. The molecule has 3 heteroatoms. The molecule has 0 radical (unpaired) electrons. The zero-order valence-electron chi connectivity index (χ0n) is 8.96. The van der Waals surface area contributed by atoms with Gasteiger partial charge in [-0.3, -0.25) is 4.79 Å². The predicted octanol–water partition coefficient (Wildman–Crippen LogP) is 0.854. The predicted molar refractivity (Wildman–Crippen MR) is 56.0 cm³/mol. The van der Waals surface area contributed by atoms with Crippen molar-refractivity contribution in [3.05, 3.63) is 0 Å². The molecule has 0 aromatic carbocycles. The molecular formula is C11H20N2O. The fourth-order valence-electron chi connectivity index (χ4n) is 2.49. The van der Waals surface area contributed by atoms with Crippen LogP contribution in [0, 0.1) is 11.8 Å². The highest BCUT2D eigenvalue weighted by molar-refractivity contribution is 5.78. The van der Waals surface area contributed by atoms with Gasteiger partial charge >= 0.3 is 0 Å². The van der Waals surface area contributed by atoms with Gasteiger partial charge in [-0.05, 0) is 31.3 Å². The number of nitrogens with one attached hydrogen (secondary N) is 1. The Morgan fingerprint density at radius 1 is 1.50 bits per heavy atom. The quantitative estimate of drug-likeness (QED) is 0.726. The molecule has 2 saturated heterocycles. The van der Waals surface area contributed by atoms with Crippen LogP contribution in [0.4, 0.5) is 0 Å². The van der Waals surface area contributed by atoms with E-state index in [1.54, 1.807) is 0 Å². The first-order chi connectivity index (χ1) is 6.79. The van der Waals surface area contributed by atoms with Crippen molar-refractivity contribution in [2.45, 2.75) is 26.2 Å². The molecule has 2 rings (SSSR count). The monoisotopic (exact) mass is 196 g/mol. The molecular weight excluding hydrogens is 176 g/mol. The van der Waals surface area contributed by atoms with Crippen molar-refractivity contribution in [2.75, 3.05) is 26.2 Å². The number of amides is 1. The van der Waals surface area contributed by atoms with E-state index in [1.165, 1.54) is 6.42 Å². The lowest BCUT2D eigenvalue weighted by Gasteiger charge is -2.20. The van der Waals surface area contributed by atoms with Crippen molar-refractivity contribution in [2.24, 2.45) is 11.8 Å².